The predicted molar refractivity (Wildman–Crippen MR) is 106 cm³/mol. The number of fused-ring (bicyclic) bond motifs is 1. The van der Waals surface area contributed by atoms with Gasteiger partial charge in [0.2, 0.25) is 5.13 Å². The molecule has 1 unspecified atom stereocenters. The van der Waals surface area contributed by atoms with E-state index >= 15 is 0 Å². The standard InChI is InChI=1S/C19H15F2N3O2S2/c1-26-15-4-3-5-16-17(15)22-19(27-16)24-14(10-13(23-24)18(20)21)11-6-8-12(9-7-11)28(2)25/h3-10,18H,1-2H3. The molecule has 2 heterocycles. The molecule has 0 fully saturated rings. The Balaban J connectivity index is 1.88. The molecule has 2 aromatic carbocycles. The summed E-state index contributed by atoms with van der Waals surface area (Å²) in [6, 6.07) is 13.8. The third kappa shape index (κ3) is 3.31. The molecule has 4 aromatic rings. The molecular weight excluding hydrogens is 404 g/mol. The van der Waals surface area contributed by atoms with Gasteiger partial charge in [0, 0.05) is 27.5 Å². The minimum Gasteiger partial charge on any atom is -0.494 e. The highest BCUT2D eigenvalue weighted by Crippen LogP contribution is 2.34. The molecule has 0 aliphatic heterocycles. The van der Waals surface area contributed by atoms with Crippen LogP contribution in [0.15, 0.2) is 53.4 Å². The fourth-order valence-electron chi connectivity index (χ4n) is 2.84. The summed E-state index contributed by atoms with van der Waals surface area (Å²) in [6.45, 7) is 0. The van der Waals surface area contributed by atoms with E-state index in [1.807, 2.05) is 12.1 Å². The summed E-state index contributed by atoms with van der Waals surface area (Å²) in [5, 5.41) is 4.54. The molecule has 0 bridgehead atoms. The number of hydrogen-bond donors (Lipinski definition) is 0. The van der Waals surface area contributed by atoms with Gasteiger partial charge < -0.3 is 4.74 Å². The van der Waals surface area contributed by atoms with Crippen LogP contribution in [0.3, 0.4) is 0 Å². The van der Waals surface area contributed by atoms with Gasteiger partial charge in [0.05, 0.1) is 17.5 Å². The lowest BCUT2D eigenvalue weighted by atomic mass is 10.1. The second-order valence-electron chi connectivity index (χ2n) is 5.95. The van der Waals surface area contributed by atoms with Crippen LogP contribution in [0, 0.1) is 0 Å². The SMILES string of the molecule is COc1cccc2sc(-n3nc(C(F)F)cc3-c3ccc(S(C)=O)cc3)nc12. The zero-order valence-corrected chi connectivity index (χ0v) is 16.6. The molecule has 5 nitrogen and oxygen atoms in total. The van der Waals surface area contributed by atoms with Crippen LogP contribution < -0.4 is 4.74 Å². The minimum atomic E-state index is -2.70. The molecule has 28 heavy (non-hydrogen) atoms. The maximum absolute atomic E-state index is 13.3. The number of benzene rings is 2. The first-order chi connectivity index (χ1) is 13.5. The van der Waals surface area contributed by atoms with Gasteiger partial charge in [-0.3, -0.25) is 4.21 Å². The number of rotatable bonds is 5. The molecule has 0 saturated heterocycles. The lowest BCUT2D eigenvalue weighted by Gasteiger charge is -2.05. The average Bonchev–Trinajstić information content (AvgIpc) is 3.32. The number of aromatic nitrogens is 3. The van der Waals surface area contributed by atoms with Crippen LogP contribution in [0.5, 0.6) is 5.75 Å². The molecule has 0 saturated carbocycles. The van der Waals surface area contributed by atoms with Crippen molar-refractivity contribution in [2.45, 2.75) is 11.3 Å². The Morgan fingerprint density at radius 3 is 2.57 bits per heavy atom. The topological polar surface area (TPSA) is 57.0 Å². The van der Waals surface area contributed by atoms with E-state index in [9.17, 15) is 13.0 Å². The Kier molecular flexibility index (Phi) is 4.94. The summed E-state index contributed by atoms with van der Waals surface area (Å²) in [7, 11) is 0.439. The molecule has 0 amide bonds. The van der Waals surface area contributed by atoms with Gasteiger partial charge in [-0.15, -0.1) is 0 Å². The molecule has 0 radical (unpaired) electrons. The number of nitrogens with zero attached hydrogens (tertiary/aromatic N) is 3. The van der Waals surface area contributed by atoms with Crippen molar-refractivity contribution in [1.82, 2.24) is 14.8 Å². The highest BCUT2D eigenvalue weighted by atomic mass is 32.2. The van der Waals surface area contributed by atoms with E-state index in [1.165, 1.54) is 22.1 Å². The van der Waals surface area contributed by atoms with Gasteiger partial charge in [0.15, 0.2) is 0 Å². The Morgan fingerprint density at radius 1 is 1.18 bits per heavy atom. The molecule has 0 aliphatic carbocycles. The van der Waals surface area contributed by atoms with Crippen LogP contribution in [0.4, 0.5) is 8.78 Å². The fraction of sp³-hybridized carbons (Fsp3) is 0.158. The third-order valence-corrected chi connectivity index (χ3v) is 6.14. The summed E-state index contributed by atoms with van der Waals surface area (Å²) in [4.78, 5) is 5.22. The van der Waals surface area contributed by atoms with Gasteiger partial charge in [-0.2, -0.15) is 5.10 Å². The van der Waals surface area contributed by atoms with Crippen LogP contribution in [0.1, 0.15) is 12.1 Å². The van der Waals surface area contributed by atoms with Crippen molar-refractivity contribution in [3.63, 3.8) is 0 Å². The molecule has 0 N–H and O–H groups in total. The van der Waals surface area contributed by atoms with E-state index < -0.39 is 17.2 Å². The largest absolute Gasteiger partial charge is 0.494 e. The molecule has 4 rings (SSSR count). The molecule has 144 valence electrons. The van der Waals surface area contributed by atoms with E-state index in [1.54, 1.807) is 43.7 Å². The van der Waals surface area contributed by atoms with Crippen LogP contribution in [-0.4, -0.2) is 32.3 Å². The lowest BCUT2D eigenvalue weighted by molar-refractivity contribution is 0.145. The molecule has 1 atom stereocenters. The molecule has 0 spiro atoms. The van der Waals surface area contributed by atoms with Gasteiger partial charge >= 0.3 is 0 Å². The Labute approximate surface area is 166 Å². The number of methoxy groups -OCH3 is 1. The van der Waals surface area contributed by atoms with Gasteiger partial charge in [-0.05, 0) is 30.3 Å². The summed E-state index contributed by atoms with van der Waals surface area (Å²) in [6.07, 6.45) is -1.12. The fourth-order valence-corrected chi connectivity index (χ4v) is 4.31. The zero-order valence-electron chi connectivity index (χ0n) is 14.9. The number of alkyl halides is 2. The molecule has 9 heteroatoms. The van der Waals surface area contributed by atoms with Crippen molar-refractivity contribution in [2.24, 2.45) is 0 Å². The Bertz CT molecular complexity index is 1170. The lowest BCUT2D eigenvalue weighted by Crippen LogP contribution is -1.99. The molecule has 0 aliphatic rings. The number of para-hydroxylation sites is 1. The van der Waals surface area contributed by atoms with Crippen molar-refractivity contribution < 1.29 is 17.7 Å². The maximum Gasteiger partial charge on any atom is 0.282 e. The van der Waals surface area contributed by atoms with E-state index in [2.05, 4.69) is 10.1 Å². The minimum absolute atomic E-state index is 0.329. The first kappa shape index (κ1) is 18.7. The van der Waals surface area contributed by atoms with Crippen LogP contribution in [0.2, 0.25) is 0 Å². The van der Waals surface area contributed by atoms with E-state index in [-0.39, 0.29) is 5.69 Å². The molecular formula is C19H15F2N3O2S2. The number of halogens is 2. The van der Waals surface area contributed by atoms with Crippen molar-refractivity contribution in [2.75, 3.05) is 13.4 Å². The van der Waals surface area contributed by atoms with Crippen LogP contribution >= 0.6 is 11.3 Å². The number of ether oxygens (including phenoxy) is 1. The van der Waals surface area contributed by atoms with Crippen LogP contribution in [-0.2, 0) is 10.8 Å². The maximum atomic E-state index is 13.3. The number of hydrogen-bond acceptors (Lipinski definition) is 5. The van der Waals surface area contributed by atoms with Gasteiger partial charge in [0.25, 0.3) is 6.43 Å². The van der Waals surface area contributed by atoms with E-state index in [0.29, 0.717) is 32.6 Å². The smallest absolute Gasteiger partial charge is 0.282 e. The summed E-state index contributed by atoms with van der Waals surface area (Å²) < 4.78 is 45.9. The highest BCUT2D eigenvalue weighted by Gasteiger charge is 2.20. The zero-order chi connectivity index (χ0) is 19.8. The summed E-state index contributed by atoms with van der Waals surface area (Å²) >= 11 is 1.34. The van der Waals surface area contributed by atoms with Crippen molar-refractivity contribution in [3.05, 3.63) is 54.2 Å². The van der Waals surface area contributed by atoms with E-state index in [4.69, 9.17) is 4.74 Å². The first-order valence-electron chi connectivity index (χ1n) is 8.24. The third-order valence-electron chi connectivity index (χ3n) is 4.21. The Morgan fingerprint density at radius 2 is 1.93 bits per heavy atom. The van der Waals surface area contributed by atoms with Crippen molar-refractivity contribution >= 4 is 32.4 Å². The monoisotopic (exact) mass is 419 g/mol. The molecule has 2 aromatic heterocycles. The Hall–Kier alpha value is -2.65. The van der Waals surface area contributed by atoms with Crippen LogP contribution in [0.25, 0.3) is 26.6 Å². The van der Waals surface area contributed by atoms with E-state index in [0.717, 1.165) is 4.70 Å². The first-order valence-corrected chi connectivity index (χ1v) is 10.6. The van der Waals surface area contributed by atoms with Gasteiger partial charge in [0.1, 0.15) is 17.0 Å². The average molecular weight is 419 g/mol. The second kappa shape index (κ2) is 7.40. The summed E-state index contributed by atoms with van der Waals surface area (Å²) in [5.41, 5.74) is 1.49. The second-order valence-corrected chi connectivity index (χ2v) is 8.34. The summed E-state index contributed by atoms with van der Waals surface area (Å²) in [5.74, 6) is 0.609. The number of thiazole rings is 1. The van der Waals surface area contributed by atoms with Gasteiger partial charge in [-0.25, -0.2) is 18.4 Å². The predicted octanol–water partition coefficient (Wildman–Crippen LogP) is 4.83. The van der Waals surface area contributed by atoms with Gasteiger partial charge in [-0.1, -0.05) is 29.5 Å². The normalized spacial score (nSPS) is 12.6. The van der Waals surface area contributed by atoms with Crippen molar-refractivity contribution in [3.8, 4) is 22.1 Å². The quantitative estimate of drug-likeness (QED) is 0.465. The highest BCUT2D eigenvalue weighted by molar-refractivity contribution is 7.84. The van der Waals surface area contributed by atoms with Crippen molar-refractivity contribution in [1.29, 1.82) is 0 Å².